The van der Waals surface area contributed by atoms with Crippen molar-refractivity contribution in [2.45, 2.75) is 0 Å². The standard InChI is InChI=1S/C15H13ClN2O2/c1-19-14-7-6-10(8-15(14)20-2)18-13-5-3-4-12(16)11(13)9-17/h3-8,18H,1-2H3. The highest BCUT2D eigenvalue weighted by molar-refractivity contribution is 6.32. The third-order valence-corrected chi connectivity index (χ3v) is 3.10. The fourth-order valence-corrected chi connectivity index (χ4v) is 2.03. The summed E-state index contributed by atoms with van der Waals surface area (Å²) in [4.78, 5) is 0. The van der Waals surface area contributed by atoms with E-state index in [9.17, 15) is 0 Å². The van der Waals surface area contributed by atoms with Crippen molar-refractivity contribution >= 4 is 23.0 Å². The first kappa shape index (κ1) is 14.0. The summed E-state index contributed by atoms with van der Waals surface area (Å²) < 4.78 is 10.4. The molecule has 2 rings (SSSR count). The van der Waals surface area contributed by atoms with Gasteiger partial charge in [0.05, 0.1) is 30.5 Å². The fourth-order valence-electron chi connectivity index (χ4n) is 1.81. The molecular formula is C15H13ClN2O2. The Bertz CT molecular complexity index is 665. The summed E-state index contributed by atoms with van der Waals surface area (Å²) in [6.07, 6.45) is 0. The molecule has 5 heteroatoms. The van der Waals surface area contributed by atoms with Crippen molar-refractivity contribution in [2.24, 2.45) is 0 Å². The van der Waals surface area contributed by atoms with Crippen LogP contribution in [0.4, 0.5) is 11.4 Å². The van der Waals surface area contributed by atoms with Crippen LogP contribution in [0.1, 0.15) is 5.56 Å². The number of nitriles is 1. The summed E-state index contributed by atoms with van der Waals surface area (Å²) in [5, 5.41) is 12.7. The van der Waals surface area contributed by atoms with E-state index in [4.69, 9.17) is 26.3 Å². The minimum Gasteiger partial charge on any atom is -0.493 e. The number of benzene rings is 2. The highest BCUT2D eigenvalue weighted by Crippen LogP contribution is 2.32. The second kappa shape index (κ2) is 6.18. The van der Waals surface area contributed by atoms with Gasteiger partial charge in [-0.05, 0) is 24.3 Å². The molecule has 0 saturated carbocycles. The van der Waals surface area contributed by atoms with E-state index in [2.05, 4.69) is 11.4 Å². The van der Waals surface area contributed by atoms with Crippen LogP contribution >= 0.6 is 11.6 Å². The SMILES string of the molecule is COc1ccc(Nc2cccc(Cl)c2C#N)cc1OC. The number of methoxy groups -OCH3 is 2. The fraction of sp³-hybridized carbons (Fsp3) is 0.133. The van der Waals surface area contributed by atoms with Gasteiger partial charge < -0.3 is 14.8 Å². The van der Waals surface area contributed by atoms with Crippen molar-refractivity contribution < 1.29 is 9.47 Å². The first-order valence-electron chi connectivity index (χ1n) is 5.87. The molecule has 0 saturated heterocycles. The Labute approximate surface area is 122 Å². The number of ether oxygens (including phenoxy) is 2. The summed E-state index contributed by atoms with van der Waals surface area (Å²) in [7, 11) is 3.15. The molecule has 4 nitrogen and oxygen atoms in total. The normalized spacial score (nSPS) is 9.70. The van der Waals surface area contributed by atoms with E-state index in [1.54, 1.807) is 44.6 Å². The number of nitrogens with one attached hydrogen (secondary N) is 1. The zero-order valence-corrected chi connectivity index (χ0v) is 11.9. The number of anilines is 2. The predicted molar refractivity (Wildman–Crippen MR) is 79.0 cm³/mol. The van der Waals surface area contributed by atoms with Crippen LogP contribution in [-0.4, -0.2) is 14.2 Å². The van der Waals surface area contributed by atoms with Crippen LogP contribution in [0, 0.1) is 11.3 Å². The molecule has 0 radical (unpaired) electrons. The lowest BCUT2D eigenvalue weighted by atomic mass is 10.2. The van der Waals surface area contributed by atoms with E-state index >= 15 is 0 Å². The molecule has 20 heavy (non-hydrogen) atoms. The van der Waals surface area contributed by atoms with Crippen molar-refractivity contribution in [3.8, 4) is 17.6 Å². The van der Waals surface area contributed by atoms with Gasteiger partial charge in [0, 0.05) is 11.8 Å². The maximum absolute atomic E-state index is 9.14. The Morgan fingerprint density at radius 1 is 1.10 bits per heavy atom. The minimum atomic E-state index is 0.406. The van der Waals surface area contributed by atoms with Gasteiger partial charge in [0.25, 0.3) is 0 Å². The van der Waals surface area contributed by atoms with Gasteiger partial charge in [0.2, 0.25) is 0 Å². The first-order chi connectivity index (χ1) is 9.69. The third-order valence-electron chi connectivity index (χ3n) is 2.79. The average molecular weight is 289 g/mol. The lowest BCUT2D eigenvalue weighted by Gasteiger charge is -2.12. The average Bonchev–Trinajstić information content (AvgIpc) is 2.47. The number of nitrogens with zero attached hydrogens (tertiary/aromatic N) is 1. The molecule has 102 valence electrons. The molecule has 0 fully saturated rings. The number of hydrogen-bond donors (Lipinski definition) is 1. The first-order valence-corrected chi connectivity index (χ1v) is 6.25. The zero-order chi connectivity index (χ0) is 14.5. The van der Waals surface area contributed by atoms with Gasteiger partial charge in [-0.3, -0.25) is 0 Å². The Kier molecular flexibility index (Phi) is 4.34. The van der Waals surface area contributed by atoms with E-state index in [0.29, 0.717) is 27.8 Å². The molecule has 2 aromatic rings. The second-order valence-electron chi connectivity index (χ2n) is 3.97. The lowest BCUT2D eigenvalue weighted by Crippen LogP contribution is -1.96. The van der Waals surface area contributed by atoms with E-state index < -0.39 is 0 Å². The van der Waals surface area contributed by atoms with Crippen LogP contribution in [0.15, 0.2) is 36.4 Å². The summed E-state index contributed by atoms with van der Waals surface area (Å²) in [5.41, 5.74) is 1.83. The molecule has 0 spiro atoms. The maximum atomic E-state index is 9.14. The van der Waals surface area contributed by atoms with Crippen LogP contribution in [0.25, 0.3) is 0 Å². The van der Waals surface area contributed by atoms with Crippen LogP contribution < -0.4 is 14.8 Å². The van der Waals surface area contributed by atoms with Crippen LogP contribution in [0.5, 0.6) is 11.5 Å². The largest absolute Gasteiger partial charge is 0.493 e. The molecule has 0 heterocycles. The van der Waals surface area contributed by atoms with Gasteiger partial charge in [-0.25, -0.2) is 0 Å². The Morgan fingerprint density at radius 3 is 2.50 bits per heavy atom. The predicted octanol–water partition coefficient (Wildman–Crippen LogP) is 3.97. The van der Waals surface area contributed by atoms with E-state index in [1.165, 1.54) is 0 Å². The third kappa shape index (κ3) is 2.79. The topological polar surface area (TPSA) is 54.3 Å². The van der Waals surface area contributed by atoms with Crippen LogP contribution in [-0.2, 0) is 0 Å². The number of rotatable bonds is 4. The van der Waals surface area contributed by atoms with Crippen molar-refractivity contribution in [3.63, 3.8) is 0 Å². The molecule has 0 atom stereocenters. The summed E-state index contributed by atoms with van der Waals surface area (Å²) in [5.74, 6) is 1.25. The molecule has 0 bridgehead atoms. The van der Waals surface area contributed by atoms with Gasteiger partial charge in [0.15, 0.2) is 11.5 Å². The van der Waals surface area contributed by atoms with Crippen LogP contribution in [0.3, 0.4) is 0 Å². The number of hydrogen-bond acceptors (Lipinski definition) is 4. The molecule has 0 unspecified atom stereocenters. The maximum Gasteiger partial charge on any atom is 0.162 e. The monoisotopic (exact) mass is 288 g/mol. The van der Waals surface area contributed by atoms with Crippen molar-refractivity contribution in [2.75, 3.05) is 19.5 Å². The van der Waals surface area contributed by atoms with Crippen molar-refractivity contribution in [1.82, 2.24) is 0 Å². The van der Waals surface area contributed by atoms with Crippen LogP contribution in [0.2, 0.25) is 5.02 Å². The molecule has 1 N–H and O–H groups in total. The van der Waals surface area contributed by atoms with E-state index in [-0.39, 0.29) is 0 Å². The van der Waals surface area contributed by atoms with Gasteiger partial charge in [-0.2, -0.15) is 5.26 Å². The Morgan fingerprint density at radius 2 is 1.85 bits per heavy atom. The molecule has 2 aromatic carbocycles. The molecule has 0 aliphatic carbocycles. The smallest absolute Gasteiger partial charge is 0.162 e. The zero-order valence-electron chi connectivity index (χ0n) is 11.1. The second-order valence-corrected chi connectivity index (χ2v) is 4.38. The number of halogens is 1. The van der Waals surface area contributed by atoms with Crippen molar-refractivity contribution in [3.05, 3.63) is 47.0 Å². The molecule has 0 aromatic heterocycles. The van der Waals surface area contributed by atoms with E-state index in [1.807, 2.05) is 6.07 Å². The highest BCUT2D eigenvalue weighted by Gasteiger charge is 2.08. The molecule has 0 aliphatic heterocycles. The summed E-state index contributed by atoms with van der Waals surface area (Å²) >= 11 is 5.99. The Hall–Kier alpha value is -2.38. The molecule has 0 aliphatic rings. The summed E-state index contributed by atoms with van der Waals surface area (Å²) in [6.45, 7) is 0. The quantitative estimate of drug-likeness (QED) is 0.925. The van der Waals surface area contributed by atoms with Gasteiger partial charge >= 0.3 is 0 Å². The van der Waals surface area contributed by atoms with Gasteiger partial charge in [-0.1, -0.05) is 17.7 Å². The summed E-state index contributed by atoms with van der Waals surface area (Å²) in [6, 6.07) is 12.8. The van der Waals surface area contributed by atoms with Gasteiger partial charge in [-0.15, -0.1) is 0 Å². The van der Waals surface area contributed by atoms with Gasteiger partial charge in [0.1, 0.15) is 6.07 Å². The minimum absolute atomic E-state index is 0.406. The van der Waals surface area contributed by atoms with E-state index in [0.717, 1.165) is 5.69 Å². The highest BCUT2D eigenvalue weighted by atomic mass is 35.5. The molecular weight excluding hydrogens is 276 g/mol. The Balaban J connectivity index is 2.36. The van der Waals surface area contributed by atoms with Crippen molar-refractivity contribution in [1.29, 1.82) is 5.26 Å². The molecule has 0 amide bonds. The lowest BCUT2D eigenvalue weighted by molar-refractivity contribution is 0.355.